The smallest absolute Gasteiger partial charge is 0.327 e. The predicted molar refractivity (Wildman–Crippen MR) is 95.5 cm³/mol. The summed E-state index contributed by atoms with van der Waals surface area (Å²) < 4.78 is 13.8. The van der Waals surface area contributed by atoms with Gasteiger partial charge in [0, 0.05) is 30.2 Å². The van der Waals surface area contributed by atoms with Crippen LogP contribution in [-0.4, -0.2) is 23.0 Å². The van der Waals surface area contributed by atoms with E-state index < -0.39 is 16.4 Å². The standard InChI is InChI=1S/C19H18FN3O2/c20-15-5-3-7-18(19(15)23(24)25)22-10-8-13(9-11-22)17-12-14-4-1-2-6-16(14)21-17/h1-7,12-13,21H,8-11H2. The number of nitrogens with one attached hydrogen (secondary N) is 1. The van der Waals surface area contributed by atoms with Crippen molar-refractivity contribution < 1.29 is 9.31 Å². The van der Waals surface area contributed by atoms with Crippen LogP contribution < -0.4 is 4.90 Å². The van der Waals surface area contributed by atoms with Crippen molar-refractivity contribution in [2.24, 2.45) is 0 Å². The minimum atomic E-state index is -0.778. The average molecular weight is 339 g/mol. The Morgan fingerprint density at radius 1 is 1.12 bits per heavy atom. The van der Waals surface area contributed by atoms with E-state index in [1.807, 2.05) is 17.0 Å². The molecule has 1 aliphatic heterocycles. The van der Waals surface area contributed by atoms with Gasteiger partial charge in [-0.05, 0) is 42.5 Å². The van der Waals surface area contributed by atoms with Crippen molar-refractivity contribution in [2.45, 2.75) is 18.8 Å². The number of piperidine rings is 1. The summed E-state index contributed by atoms with van der Waals surface area (Å²) in [6.07, 6.45) is 1.75. The maximum Gasteiger partial charge on any atom is 0.327 e. The van der Waals surface area contributed by atoms with Gasteiger partial charge in [0.25, 0.3) is 0 Å². The van der Waals surface area contributed by atoms with Gasteiger partial charge in [0.15, 0.2) is 0 Å². The molecule has 1 fully saturated rings. The van der Waals surface area contributed by atoms with Gasteiger partial charge in [-0.3, -0.25) is 10.1 Å². The van der Waals surface area contributed by atoms with Crippen molar-refractivity contribution in [3.63, 3.8) is 0 Å². The molecule has 0 amide bonds. The monoisotopic (exact) mass is 339 g/mol. The molecule has 6 heteroatoms. The van der Waals surface area contributed by atoms with E-state index in [1.165, 1.54) is 17.1 Å². The molecule has 2 aromatic carbocycles. The predicted octanol–water partition coefficient (Wildman–Crippen LogP) is 4.60. The number of hydrogen-bond donors (Lipinski definition) is 1. The van der Waals surface area contributed by atoms with E-state index in [2.05, 4.69) is 23.2 Å². The van der Waals surface area contributed by atoms with Crippen LogP contribution >= 0.6 is 0 Å². The molecule has 0 bridgehead atoms. The lowest BCUT2D eigenvalue weighted by Crippen LogP contribution is -2.33. The number of aromatic amines is 1. The Kier molecular flexibility index (Phi) is 3.87. The van der Waals surface area contributed by atoms with E-state index in [4.69, 9.17) is 0 Å². The third-order valence-corrected chi connectivity index (χ3v) is 4.97. The first-order valence-electron chi connectivity index (χ1n) is 8.39. The summed E-state index contributed by atoms with van der Waals surface area (Å²) >= 11 is 0. The lowest BCUT2D eigenvalue weighted by molar-refractivity contribution is -0.386. The fourth-order valence-corrected chi connectivity index (χ4v) is 3.69. The molecule has 4 rings (SSSR count). The normalized spacial score (nSPS) is 15.6. The minimum Gasteiger partial charge on any atom is -0.366 e. The highest BCUT2D eigenvalue weighted by molar-refractivity contribution is 5.80. The van der Waals surface area contributed by atoms with Gasteiger partial charge >= 0.3 is 5.69 Å². The highest BCUT2D eigenvalue weighted by Gasteiger charge is 2.28. The molecule has 25 heavy (non-hydrogen) atoms. The second-order valence-electron chi connectivity index (χ2n) is 6.44. The summed E-state index contributed by atoms with van der Waals surface area (Å²) in [5, 5.41) is 12.4. The van der Waals surface area contributed by atoms with Gasteiger partial charge in [0.05, 0.1) is 4.92 Å². The van der Waals surface area contributed by atoms with Crippen LogP contribution in [0.2, 0.25) is 0 Å². The molecule has 2 heterocycles. The molecule has 1 saturated heterocycles. The third-order valence-electron chi connectivity index (χ3n) is 4.97. The van der Waals surface area contributed by atoms with Crippen LogP contribution in [-0.2, 0) is 0 Å². The van der Waals surface area contributed by atoms with Crippen molar-refractivity contribution in [3.05, 3.63) is 70.2 Å². The van der Waals surface area contributed by atoms with Crippen molar-refractivity contribution in [3.8, 4) is 0 Å². The van der Waals surface area contributed by atoms with Crippen molar-refractivity contribution in [1.29, 1.82) is 0 Å². The van der Waals surface area contributed by atoms with Crippen LogP contribution in [0.1, 0.15) is 24.5 Å². The number of aromatic nitrogens is 1. The number of hydrogen-bond acceptors (Lipinski definition) is 3. The Morgan fingerprint density at radius 2 is 1.88 bits per heavy atom. The molecule has 0 saturated carbocycles. The zero-order valence-corrected chi connectivity index (χ0v) is 13.6. The molecular formula is C19H18FN3O2. The first-order valence-corrected chi connectivity index (χ1v) is 8.39. The van der Waals surface area contributed by atoms with Gasteiger partial charge in [-0.15, -0.1) is 0 Å². The van der Waals surface area contributed by atoms with Gasteiger partial charge in [0.2, 0.25) is 5.82 Å². The van der Waals surface area contributed by atoms with E-state index in [9.17, 15) is 14.5 Å². The SMILES string of the molecule is O=[N+]([O-])c1c(F)cccc1N1CCC(c2cc3ccccc3[nH]2)CC1. The Hall–Kier alpha value is -2.89. The van der Waals surface area contributed by atoms with E-state index >= 15 is 0 Å². The average Bonchev–Trinajstić information content (AvgIpc) is 3.05. The van der Waals surface area contributed by atoms with Gasteiger partial charge in [-0.25, -0.2) is 0 Å². The molecule has 0 unspecified atom stereocenters. The highest BCUT2D eigenvalue weighted by Crippen LogP contribution is 2.36. The largest absolute Gasteiger partial charge is 0.366 e. The van der Waals surface area contributed by atoms with Gasteiger partial charge in [-0.1, -0.05) is 24.3 Å². The van der Waals surface area contributed by atoms with Crippen molar-refractivity contribution in [2.75, 3.05) is 18.0 Å². The molecule has 1 aliphatic rings. The number of rotatable bonds is 3. The molecule has 3 aromatic rings. The van der Waals surface area contributed by atoms with Crippen LogP contribution in [0.25, 0.3) is 10.9 Å². The van der Waals surface area contributed by atoms with Gasteiger partial charge < -0.3 is 9.88 Å². The van der Waals surface area contributed by atoms with Gasteiger partial charge in [-0.2, -0.15) is 4.39 Å². The molecule has 0 atom stereocenters. The molecule has 0 radical (unpaired) electrons. The molecule has 0 aliphatic carbocycles. The molecular weight excluding hydrogens is 321 g/mol. The molecule has 1 N–H and O–H groups in total. The van der Waals surface area contributed by atoms with E-state index in [0.717, 1.165) is 24.4 Å². The summed E-state index contributed by atoms with van der Waals surface area (Å²) in [7, 11) is 0. The maximum atomic E-state index is 13.8. The summed E-state index contributed by atoms with van der Waals surface area (Å²) in [6, 6.07) is 14.6. The van der Waals surface area contributed by atoms with Crippen LogP contribution in [0.15, 0.2) is 48.5 Å². The number of benzene rings is 2. The zero-order valence-electron chi connectivity index (χ0n) is 13.6. The summed E-state index contributed by atoms with van der Waals surface area (Å²) in [6.45, 7) is 1.34. The highest BCUT2D eigenvalue weighted by atomic mass is 19.1. The van der Waals surface area contributed by atoms with Crippen LogP contribution in [0.5, 0.6) is 0 Å². The first kappa shape index (κ1) is 15.6. The second kappa shape index (κ2) is 6.20. The Labute approximate surface area is 144 Å². The number of nitro groups is 1. The fourth-order valence-electron chi connectivity index (χ4n) is 3.69. The zero-order chi connectivity index (χ0) is 17.4. The van der Waals surface area contributed by atoms with E-state index in [1.54, 1.807) is 6.07 Å². The first-order chi connectivity index (χ1) is 12.1. The lowest BCUT2D eigenvalue weighted by Gasteiger charge is -2.33. The van der Waals surface area contributed by atoms with Crippen molar-refractivity contribution in [1.82, 2.24) is 4.98 Å². The third kappa shape index (κ3) is 2.84. The quantitative estimate of drug-likeness (QED) is 0.560. The van der Waals surface area contributed by atoms with E-state index in [0.29, 0.717) is 24.7 Å². The Bertz CT molecular complexity index is 896. The molecule has 0 spiro atoms. The van der Waals surface area contributed by atoms with Crippen LogP contribution in [0.4, 0.5) is 15.8 Å². The second-order valence-corrected chi connectivity index (χ2v) is 6.44. The molecule has 128 valence electrons. The fraction of sp³-hybridized carbons (Fsp3) is 0.263. The number of fused-ring (bicyclic) bond motifs is 1. The number of anilines is 1. The maximum absolute atomic E-state index is 13.8. The number of halogens is 1. The topological polar surface area (TPSA) is 62.2 Å². The van der Waals surface area contributed by atoms with Crippen molar-refractivity contribution >= 4 is 22.3 Å². The number of para-hydroxylation sites is 2. The lowest BCUT2D eigenvalue weighted by atomic mass is 9.93. The van der Waals surface area contributed by atoms with Crippen LogP contribution in [0, 0.1) is 15.9 Å². The Morgan fingerprint density at radius 3 is 2.60 bits per heavy atom. The summed E-state index contributed by atoms with van der Waals surface area (Å²) in [5.41, 5.74) is 2.28. The number of nitro benzene ring substituents is 1. The van der Waals surface area contributed by atoms with Gasteiger partial charge in [0.1, 0.15) is 5.69 Å². The molecule has 1 aromatic heterocycles. The minimum absolute atomic E-state index is 0.375. The Balaban J connectivity index is 1.54. The van der Waals surface area contributed by atoms with E-state index in [-0.39, 0.29) is 0 Å². The summed E-state index contributed by atoms with van der Waals surface area (Å²) in [4.78, 5) is 16.0. The molecule has 5 nitrogen and oxygen atoms in total. The number of H-pyrrole nitrogens is 1. The summed E-state index contributed by atoms with van der Waals surface area (Å²) in [5.74, 6) is -0.392. The number of nitrogens with zero attached hydrogens (tertiary/aromatic N) is 2. The van der Waals surface area contributed by atoms with Crippen LogP contribution in [0.3, 0.4) is 0 Å².